The number of nitrogens with one attached hydrogen (secondary N) is 1. The van der Waals surface area contributed by atoms with Crippen molar-refractivity contribution < 1.29 is 19.0 Å². The Labute approximate surface area is 200 Å². The minimum atomic E-state index is 0.0997. The quantitative estimate of drug-likeness (QED) is 0.473. The highest BCUT2D eigenvalue weighted by molar-refractivity contribution is 5.98. The predicted molar refractivity (Wildman–Crippen MR) is 128 cm³/mol. The molecule has 2 aromatic rings. The number of anilines is 1. The van der Waals surface area contributed by atoms with Gasteiger partial charge in [0.05, 0.1) is 30.4 Å². The predicted octanol–water partition coefficient (Wildman–Crippen LogP) is 2.40. The number of nitrogens with zero attached hydrogens (tertiary/aromatic N) is 3. The van der Waals surface area contributed by atoms with Gasteiger partial charge in [0.25, 0.3) is 0 Å². The summed E-state index contributed by atoms with van der Waals surface area (Å²) in [5.41, 5.74) is 2.38. The number of ether oxygens (including phenoxy) is 3. The van der Waals surface area contributed by atoms with Gasteiger partial charge >= 0.3 is 0 Å². The Morgan fingerprint density at radius 2 is 1.68 bits per heavy atom. The van der Waals surface area contributed by atoms with E-state index in [0.29, 0.717) is 42.4 Å². The highest BCUT2D eigenvalue weighted by atomic mass is 16.6. The first-order chi connectivity index (χ1) is 16.7. The number of benzene rings is 2. The van der Waals surface area contributed by atoms with Crippen LogP contribution in [0.5, 0.6) is 11.5 Å². The number of morpholine rings is 2. The zero-order chi connectivity index (χ0) is 23.3. The number of nitriles is 1. The van der Waals surface area contributed by atoms with Crippen LogP contribution < -0.4 is 14.8 Å². The lowest BCUT2D eigenvalue weighted by atomic mass is 10.1. The summed E-state index contributed by atoms with van der Waals surface area (Å²) < 4.78 is 17.3. The molecule has 2 saturated heterocycles. The van der Waals surface area contributed by atoms with Crippen molar-refractivity contribution in [3.05, 3.63) is 53.6 Å². The molecular formula is C26H30N4O4. The Kier molecular flexibility index (Phi) is 6.95. The maximum absolute atomic E-state index is 12.9. The van der Waals surface area contributed by atoms with Crippen LogP contribution in [-0.2, 0) is 4.74 Å². The van der Waals surface area contributed by atoms with Gasteiger partial charge in [-0.15, -0.1) is 0 Å². The Morgan fingerprint density at radius 3 is 2.41 bits per heavy atom. The molecule has 34 heavy (non-hydrogen) atoms. The van der Waals surface area contributed by atoms with Crippen molar-refractivity contribution in [2.45, 2.75) is 18.6 Å². The van der Waals surface area contributed by atoms with Crippen molar-refractivity contribution in [3.8, 4) is 17.6 Å². The summed E-state index contributed by atoms with van der Waals surface area (Å²) in [5, 5.41) is 12.3. The molecule has 2 unspecified atom stereocenters. The standard InChI is InChI=1S/C26H30N4O4/c27-13-19-2-5-21(6-3-19)28-8-1-9-29-14-22-16-30(17-23(15-29)34-22)18-24(31)20-4-7-25-26(12-20)33-11-10-32-25/h2-7,12,22-23,28H,1,8-11,14-18H2. The summed E-state index contributed by atoms with van der Waals surface area (Å²) in [6.45, 7) is 6.67. The number of carbonyl (C=O) groups is 1. The van der Waals surface area contributed by atoms with E-state index in [4.69, 9.17) is 19.5 Å². The van der Waals surface area contributed by atoms with E-state index in [-0.39, 0.29) is 18.0 Å². The molecule has 8 heteroatoms. The number of Topliss-reactive ketones (excluding diaryl/α,β-unsaturated/α-hetero) is 1. The molecule has 0 aliphatic carbocycles. The van der Waals surface area contributed by atoms with Crippen LogP contribution >= 0.6 is 0 Å². The third kappa shape index (κ3) is 5.50. The highest BCUT2D eigenvalue weighted by Gasteiger charge is 2.35. The first-order valence-electron chi connectivity index (χ1n) is 11.9. The Bertz CT molecular complexity index is 1040. The van der Waals surface area contributed by atoms with Crippen LogP contribution in [0.4, 0.5) is 5.69 Å². The van der Waals surface area contributed by atoms with Gasteiger partial charge < -0.3 is 19.5 Å². The molecule has 0 aromatic heterocycles. The van der Waals surface area contributed by atoms with Crippen molar-refractivity contribution >= 4 is 11.5 Å². The van der Waals surface area contributed by atoms with Crippen LogP contribution in [-0.4, -0.2) is 86.8 Å². The van der Waals surface area contributed by atoms with Crippen molar-refractivity contribution in [3.63, 3.8) is 0 Å². The molecule has 3 aliphatic heterocycles. The number of hydrogen-bond donors (Lipinski definition) is 1. The summed E-state index contributed by atoms with van der Waals surface area (Å²) >= 11 is 0. The minimum Gasteiger partial charge on any atom is -0.486 e. The van der Waals surface area contributed by atoms with Gasteiger partial charge in [-0.25, -0.2) is 0 Å². The van der Waals surface area contributed by atoms with Crippen molar-refractivity contribution in [2.24, 2.45) is 0 Å². The van der Waals surface area contributed by atoms with E-state index >= 15 is 0 Å². The number of ketones is 1. The number of rotatable bonds is 8. The fourth-order valence-electron chi connectivity index (χ4n) is 4.88. The Morgan fingerprint density at radius 1 is 0.971 bits per heavy atom. The van der Waals surface area contributed by atoms with Crippen molar-refractivity contribution in [1.29, 1.82) is 5.26 Å². The van der Waals surface area contributed by atoms with Crippen molar-refractivity contribution in [1.82, 2.24) is 9.80 Å². The maximum atomic E-state index is 12.9. The molecule has 8 nitrogen and oxygen atoms in total. The molecule has 3 aliphatic rings. The van der Waals surface area contributed by atoms with Gasteiger partial charge in [-0.2, -0.15) is 5.26 Å². The van der Waals surface area contributed by atoms with E-state index in [0.717, 1.165) is 51.4 Å². The second kappa shape index (κ2) is 10.4. The molecule has 1 N–H and O–H groups in total. The average Bonchev–Trinajstić information content (AvgIpc) is 2.86. The van der Waals surface area contributed by atoms with Crippen LogP contribution in [0.25, 0.3) is 0 Å². The van der Waals surface area contributed by atoms with Gasteiger partial charge in [-0.3, -0.25) is 14.6 Å². The third-order valence-corrected chi connectivity index (χ3v) is 6.46. The molecular weight excluding hydrogens is 432 g/mol. The van der Waals surface area contributed by atoms with E-state index in [1.807, 2.05) is 36.4 Å². The highest BCUT2D eigenvalue weighted by Crippen LogP contribution is 2.31. The van der Waals surface area contributed by atoms with E-state index in [9.17, 15) is 4.79 Å². The van der Waals surface area contributed by atoms with E-state index in [1.165, 1.54) is 0 Å². The molecule has 0 spiro atoms. The lowest BCUT2D eigenvalue weighted by Gasteiger charge is -2.45. The largest absolute Gasteiger partial charge is 0.486 e. The normalized spacial score (nSPS) is 22.1. The van der Waals surface area contributed by atoms with Gasteiger partial charge in [-0.05, 0) is 48.9 Å². The molecule has 178 valence electrons. The van der Waals surface area contributed by atoms with Gasteiger partial charge in [0.15, 0.2) is 17.3 Å². The molecule has 2 bridgehead atoms. The van der Waals surface area contributed by atoms with Crippen LogP contribution in [0.15, 0.2) is 42.5 Å². The fraction of sp³-hybridized carbons (Fsp3) is 0.462. The minimum absolute atomic E-state index is 0.0997. The Balaban J connectivity index is 1.06. The van der Waals surface area contributed by atoms with Gasteiger partial charge in [0.1, 0.15) is 13.2 Å². The average molecular weight is 463 g/mol. The molecule has 0 radical (unpaired) electrons. The van der Waals surface area contributed by atoms with Gasteiger partial charge in [0, 0.05) is 50.5 Å². The summed E-state index contributed by atoms with van der Waals surface area (Å²) in [7, 11) is 0. The molecule has 0 saturated carbocycles. The second-order valence-electron chi connectivity index (χ2n) is 9.08. The summed E-state index contributed by atoms with van der Waals surface area (Å²) in [6, 6.07) is 15.1. The van der Waals surface area contributed by atoms with Gasteiger partial charge in [0.2, 0.25) is 0 Å². The van der Waals surface area contributed by atoms with Crippen LogP contribution in [0.1, 0.15) is 22.3 Å². The van der Waals surface area contributed by atoms with E-state index in [1.54, 1.807) is 6.07 Å². The summed E-state index contributed by atoms with van der Waals surface area (Å²) in [6.07, 6.45) is 1.30. The first kappa shape index (κ1) is 22.7. The second-order valence-corrected chi connectivity index (χ2v) is 9.08. The van der Waals surface area contributed by atoms with E-state index in [2.05, 4.69) is 21.2 Å². The van der Waals surface area contributed by atoms with Crippen LogP contribution in [0, 0.1) is 11.3 Å². The maximum Gasteiger partial charge on any atom is 0.176 e. The zero-order valence-electron chi connectivity index (χ0n) is 19.2. The number of hydrogen-bond acceptors (Lipinski definition) is 8. The van der Waals surface area contributed by atoms with Crippen molar-refractivity contribution in [2.75, 3.05) is 64.3 Å². The smallest absolute Gasteiger partial charge is 0.176 e. The lowest BCUT2D eigenvalue weighted by molar-refractivity contribution is -0.136. The molecule has 3 heterocycles. The van der Waals surface area contributed by atoms with E-state index < -0.39 is 0 Å². The fourth-order valence-corrected chi connectivity index (χ4v) is 4.88. The molecule has 2 aromatic carbocycles. The summed E-state index contributed by atoms with van der Waals surface area (Å²) in [5.74, 6) is 1.46. The zero-order valence-corrected chi connectivity index (χ0v) is 19.2. The number of fused-ring (bicyclic) bond motifs is 3. The molecule has 5 rings (SSSR count). The third-order valence-electron chi connectivity index (χ3n) is 6.46. The monoisotopic (exact) mass is 462 g/mol. The Hall–Kier alpha value is -3.12. The van der Waals surface area contributed by atoms with Gasteiger partial charge in [-0.1, -0.05) is 0 Å². The van der Waals surface area contributed by atoms with Crippen LogP contribution in [0.3, 0.4) is 0 Å². The van der Waals surface area contributed by atoms with Crippen LogP contribution in [0.2, 0.25) is 0 Å². The number of carbonyl (C=O) groups excluding carboxylic acids is 1. The molecule has 2 atom stereocenters. The first-order valence-corrected chi connectivity index (χ1v) is 11.9. The lowest BCUT2D eigenvalue weighted by Crippen LogP contribution is -2.60. The molecule has 2 fully saturated rings. The molecule has 0 amide bonds. The summed E-state index contributed by atoms with van der Waals surface area (Å²) in [4.78, 5) is 17.6. The topological polar surface area (TPSA) is 87.1 Å². The SMILES string of the molecule is N#Cc1ccc(NCCCN2CC3CN(CC(=O)c4ccc5c(c4)OCCO5)CC(C2)O3)cc1.